The molecule has 4 rings (SSSR count). The maximum atomic E-state index is 13.6. The van der Waals surface area contributed by atoms with Gasteiger partial charge in [0, 0.05) is 29.5 Å². The molecule has 1 amide bonds. The largest absolute Gasteiger partial charge is 0.330 e. The molecule has 1 fully saturated rings. The van der Waals surface area contributed by atoms with Crippen LogP contribution in [0.1, 0.15) is 41.9 Å². The van der Waals surface area contributed by atoms with E-state index in [0.29, 0.717) is 18.2 Å². The molecule has 33 heavy (non-hydrogen) atoms. The molecule has 0 N–H and O–H groups in total. The van der Waals surface area contributed by atoms with Crippen LogP contribution in [0.4, 0.5) is 4.39 Å². The SMILES string of the molecule is CC(c1nccnc1Cl)N(CC1CC1)C(=O)c1cc(Cl)cc(S(=O)(=O)c2ccc(F)cc2)c1. The molecule has 1 aliphatic carbocycles. The lowest BCUT2D eigenvalue weighted by molar-refractivity contribution is 0.0676. The van der Waals surface area contributed by atoms with E-state index in [1.165, 1.54) is 42.7 Å². The highest BCUT2D eigenvalue weighted by Gasteiger charge is 2.33. The van der Waals surface area contributed by atoms with E-state index in [2.05, 4.69) is 9.97 Å². The van der Waals surface area contributed by atoms with Crippen LogP contribution in [0.5, 0.6) is 0 Å². The number of carbonyl (C=O) groups excluding carboxylic acids is 1. The van der Waals surface area contributed by atoms with Crippen molar-refractivity contribution in [3.63, 3.8) is 0 Å². The van der Waals surface area contributed by atoms with Gasteiger partial charge < -0.3 is 4.90 Å². The van der Waals surface area contributed by atoms with Crippen molar-refractivity contribution in [1.29, 1.82) is 0 Å². The first kappa shape index (κ1) is 23.6. The Morgan fingerprint density at radius 2 is 1.76 bits per heavy atom. The summed E-state index contributed by atoms with van der Waals surface area (Å²) in [5, 5.41) is 0.294. The third-order valence-electron chi connectivity index (χ3n) is 5.51. The summed E-state index contributed by atoms with van der Waals surface area (Å²) >= 11 is 12.4. The van der Waals surface area contributed by atoms with Gasteiger partial charge in [-0.3, -0.25) is 9.78 Å². The first-order valence-electron chi connectivity index (χ1n) is 10.3. The van der Waals surface area contributed by atoms with Crippen molar-refractivity contribution < 1.29 is 17.6 Å². The van der Waals surface area contributed by atoms with E-state index in [1.54, 1.807) is 11.8 Å². The van der Waals surface area contributed by atoms with Gasteiger partial charge in [-0.15, -0.1) is 0 Å². The summed E-state index contributed by atoms with van der Waals surface area (Å²) in [7, 11) is -4.02. The van der Waals surface area contributed by atoms with Gasteiger partial charge in [-0.1, -0.05) is 23.2 Å². The van der Waals surface area contributed by atoms with Gasteiger partial charge in [0.2, 0.25) is 9.84 Å². The summed E-state index contributed by atoms with van der Waals surface area (Å²) in [6, 6.07) is 7.97. The number of amides is 1. The normalized spacial score (nSPS) is 14.7. The summed E-state index contributed by atoms with van der Waals surface area (Å²) in [6.45, 7) is 2.27. The van der Waals surface area contributed by atoms with Gasteiger partial charge in [0.1, 0.15) is 5.82 Å². The summed E-state index contributed by atoms with van der Waals surface area (Å²) in [5.74, 6) is -0.592. The number of nitrogens with zero attached hydrogens (tertiary/aromatic N) is 3. The first-order chi connectivity index (χ1) is 15.7. The average molecular weight is 508 g/mol. The van der Waals surface area contributed by atoms with E-state index in [1.807, 2.05) is 0 Å². The molecule has 0 spiro atoms. The third kappa shape index (κ3) is 5.18. The fourth-order valence-corrected chi connectivity index (χ4v) is 5.41. The predicted molar refractivity (Wildman–Crippen MR) is 123 cm³/mol. The Morgan fingerprint density at radius 1 is 1.09 bits per heavy atom. The van der Waals surface area contributed by atoms with E-state index in [-0.39, 0.29) is 25.5 Å². The Morgan fingerprint density at radius 3 is 2.39 bits per heavy atom. The molecule has 1 aliphatic rings. The van der Waals surface area contributed by atoms with Crippen LogP contribution < -0.4 is 0 Å². The maximum absolute atomic E-state index is 13.6. The molecule has 3 aromatic rings. The predicted octanol–water partition coefficient (Wildman–Crippen LogP) is 5.37. The Bertz CT molecular complexity index is 1300. The van der Waals surface area contributed by atoms with Gasteiger partial charge in [-0.05, 0) is 68.1 Å². The topological polar surface area (TPSA) is 80.2 Å². The zero-order valence-electron chi connectivity index (χ0n) is 17.6. The molecule has 0 bridgehead atoms. The zero-order valence-corrected chi connectivity index (χ0v) is 19.9. The van der Waals surface area contributed by atoms with E-state index in [0.717, 1.165) is 25.0 Å². The Balaban J connectivity index is 1.72. The van der Waals surface area contributed by atoms with Crippen molar-refractivity contribution in [2.45, 2.75) is 35.6 Å². The van der Waals surface area contributed by atoms with Crippen molar-refractivity contribution in [2.24, 2.45) is 5.92 Å². The number of sulfone groups is 1. The van der Waals surface area contributed by atoms with Crippen LogP contribution in [0.2, 0.25) is 10.2 Å². The van der Waals surface area contributed by atoms with Gasteiger partial charge in [-0.25, -0.2) is 17.8 Å². The number of aromatic nitrogens is 2. The van der Waals surface area contributed by atoms with E-state index < -0.39 is 27.6 Å². The van der Waals surface area contributed by atoms with Crippen LogP contribution in [-0.2, 0) is 9.84 Å². The summed E-state index contributed by atoms with van der Waals surface area (Å²) in [6.07, 6.45) is 4.98. The molecule has 10 heteroatoms. The number of benzene rings is 2. The van der Waals surface area contributed by atoms with Crippen LogP contribution in [0.25, 0.3) is 0 Å². The number of hydrogen-bond acceptors (Lipinski definition) is 5. The molecule has 1 heterocycles. The maximum Gasteiger partial charge on any atom is 0.254 e. The van der Waals surface area contributed by atoms with Crippen molar-refractivity contribution in [3.05, 3.63) is 82.1 Å². The minimum Gasteiger partial charge on any atom is -0.330 e. The van der Waals surface area contributed by atoms with E-state index >= 15 is 0 Å². The smallest absolute Gasteiger partial charge is 0.254 e. The van der Waals surface area contributed by atoms with E-state index in [9.17, 15) is 17.6 Å². The van der Waals surface area contributed by atoms with Crippen molar-refractivity contribution in [2.75, 3.05) is 6.54 Å². The lowest BCUT2D eigenvalue weighted by atomic mass is 10.1. The second-order valence-electron chi connectivity index (χ2n) is 7.94. The first-order valence-corrected chi connectivity index (χ1v) is 12.5. The quantitative estimate of drug-likeness (QED) is 0.401. The Hall–Kier alpha value is -2.55. The summed E-state index contributed by atoms with van der Waals surface area (Å²) in [5.41, 5.74) is 0.574. The van der Waals surface area contributed by atoms with Crippen LogP contribution in [0.3, 0.4) is 0 Å². The molecule has 172 valence electrons. The highest BCUT2D eigenvalue weighted by molar-refractivity contribution is 7.91. The van der Waals surface area contributed by atoms with Crippen molar-refractivity contribution >= 4 is 38.9 Å². The fourth-order valence-electron chi connectivity index (χ4n) is 3.51. The summed E-state index contributed by atoms with van der Waals surface area (Å²) < 4.78 is 39.4. The molecule has 1 aromatic heterocycles. The fraction of sp³-hybridized carbons (Fsp3) is 0.261. The Kier molecular flexibility index (Phi) is 6.70. The lowest BCUT2D eigenvalue weighted by Gasteiger charge is -2.29. The molecule has 1 atom stereocenters. The summed E-state index contributed by atoms with van der Waals surface area (Å²) in [4.78, 5) is 23.3. The van der Waals surface area contributed by atoms with Gasteiger partial charge in [0.15, 0.2) is 5.15 Å². The van der Waals surface area contributed by atoms with Gasteiger partial charge in [-0.2, -0.15) is 0 Å². The van der Waals surface area contributed by atoms with Crippen LogP contribution in [-0.4, -0.2) is 35.7 Å². The number of halogens is 3. The zero-order chi connectivity index (χ0) is 23.8. The standard InChI is InChI=1S/C23H20Cl2FN3O3S/c1-14(21-22(25)28-9-8-27-21)29(13-15-2-3-15)23(30)16-10-17(24)12-20(11-16)33(31,32)19-6-4-18(26)5-7-19/h4-12,14-15H,2-3,13H2,1H3. The second-order valence-corrected chi connectivity index (χ2v) is 10.7. The minimum atomic E-state index is -4.02. The Labute approximate surface area is 201 Å². The molecule has 6 nitrogen and oxygen atoms in total. The van der Waals surface area contributed by atoms with Gasteiger partial charge in [0.25, 0.3) is 5.91 Å². The van der Waals surface area contributed by atoms with Crippen LogP contribution in [0, 0.1) is 11.7 Å². The lowest BCUT2D eigenvalue weighted by Crippen LogP contribution is -2.36. The molecular weight excluding hydrogens is 488 g/mol. The molecule has 1 saturated carbocycles. The molecule has 0 aliphatic heterocycles. The van der Waals surface area contributed by atoms with Crippen molar-refractivity contribution in [3.8, 4) is 0 Å². The minimum absolute atomic E-state index is 0.0955. The van der Waals surface area contributed by atoms with Crippen molar-refractivity contribution in [1.82, 2.24) is 14.9 Å². The molecule has 0 saturated heterocycles. The second kappa shape index (κ2) is 9.37. The molecular formula is C23H20Cl2FN3O3S. The van der Waals surface area contributed by atoms with Crippen LogP contribution in [0.15, 0.2) is 64.6 Å². The average Bonchev–Trinajstić information content (AvgIpc) is 3.61. The molecule has 2 aromatic carbocycles. The van der Waals surface area contributed by atoms with Gasteiger partial charge in [0.05, 0.1) is 21.5 Å². The highest BCUT2D eigenvalue weighted by atomic mass is 35.5. The van der Waals surface area contributed by atoms with E-state index in [4.69, 9.17) is 23.2 Å². The number of rotatable bonds is 7. The number of carbonyl (C=O) groups is 1. The van der Waals surface area contributed by atoms with Gasteiger partial charge >= 0.3 is 0 Å². The molecule has 1 unspecified atom stereocenters. The number of hydrogen-bond donors (Lipinski definition) is 0. The highest BCUT2D eigenvalue weighted by Crippen LogP contribution is 2.35. The molecule has 0 radical (unpaired) electrons. The monoisotopic (exact) mass is 507 g/mol. The third-order valence-corrected chi connectivity index (χ3v) is 7.77. The van der Waals surface area contributed by atoms with Crippen LogP contribution >= 0.6 is 23.2 Å².